The summed E-state index contributed by atoms with van der Waals surface area (Å²) < 4.78 is 24.6. The maximum Gasteiger partial charge on any atom is 0.238 e. The van der Waals surface area contributed by atoms with E-state index in [1.807, 2.05) is 37.3 Å². The van der Waals surface area contributed by atoms with Gasteiger partial charge in [-0.1, -0.05) is 30.3 Å². The maximum absolute atomic E-state index is 12.3. The predicted molar refractivity (Wildman–Crippen MR) is 77.6 cm³/mol. The van der Waals surface area contributed by atoms with Crippen LogP contribution in [-0.2, 0) is 14.8 Å². The van der Waals surface area contributed by atoms with Crippen molar-refractivity contribution in [3.8, 4) is 0 Å². The van der Waals surface area contributed by atoms with E-state index in [9.17, 15) is 13.2 Å². The molecule has 1 N–H and O–H groups in total. The van der Waals surface area contributed by atoms with Crippen LogP contribution in [0.15, 0.2) is 30.3 Å². The van der Waals surface area contributed by atoms with Gasteiger partial charge in [0.25, 0.3) is 0 Å². The molecule has 1 fully saturated rings. The van der Waals surface area contributed by atoms with E-state index in [4.69, 9.17) is 0 Å². The molecule has 1 aliphatic rings. The van der Waals surface area contributed by atoms with Gasteiger partial charge in [-0.05, 0) is 25.3 Å². The van der Waals surface area contributed by atoms with Crippen LogP contribution in [0, 0.1) is 0 Å². The highest BCUT2D eigenvalue weighted by molar-refractivity contribution is 7.88. The summed E-state index contributed by atoms with van der Waals surface area (Å²) in [5.74, 6) is -0.218. The zero-order valence-electron chi connectivity index (χ0n) is 11.7. The van der Waals surface area contributed by atoms with Crippen LogP contribution in [0.25, 0.3) is 0 Å². The van der Waals surface area contributed by atoms with Crippen molar-refractivity contribution in [1.29, 1.82) is 0 Å². The Morgan fingerprint density at radius 3 is 2.60 bits per heavy atom. The number of hydrogen-bond donors (Lipinski definition) is 1. The molecule has 5 nitrogen and oxygen atoms in total. The zero-order valence-corrected chi connectivity index (χ0v) is 12.6. The number of sulfonamides is 1. The van der Waals surface area contributed by atoms with Gasteiger partial charge >= 0.3 is 0 Å². The molecule has 0 saturated carbocycles. The van der Waals surface area contributed by atoms with Gasteiger partial charge in [0.15, 0.2) is 0 Å². The Hall–Kier alpha value is -1.40. The van der Waals surface area contributed by atoms with Crippen LogP contribution in [0.4, 0.5) is 0 Å². The lowest BCUT2D eigenvalue weighted by molar-refractivity contribution is -0.124. The normalized spacial score (nSPS) is 21.6. The number of benzene rings is 1. The average Bonchev–Trinajstić information content (AvgIpc) is 2.89. The number of amides is 1. The summed E-state index contributed by atoms with van der Waals surface area (Å²) in [6, 6.07) is 8.91. The van der Waals surface area contributed by atoms with E-state index >= 15 is 0 Å². The molecule has 0 aromatic heterocycles. The standard InChI is InChI=1S/C14H20N2O3S/c1-11(12-7-4-3-5-8-12)15-14(17)13-9-6-10-16(13)20(2,18)19/h3-5,7-8,11,13H,6,9-10H2,1-2H3,(H,15,17)/t11-,13+/m1/s1. The van der Waals surface area contributed by atoms with Gasteiger partial charge in [-0.3, -0.25) is 4.79 Å². The maximum atomic E-state index is 12.3. The summed E-state index contributed by atoms with van der Waals surface area (Å²) in [6.45, 7) is 2.32. The second kappa shape index (κ2) is 5.93. The number of hydrogen-bond acceptors (Lipinski definition) is 3. The van der Waals surface area contributed by atoms with Crippen molar-refractivity contribution in [2.75, 3.05) is 12.8 Å². The molecule has 0 radical (unpaired) electrons. The predicted octanol–water partition coefficient (Wildman–Crippen LogP) is 1.29. The minimum absolute atomic E-state index is 0.134. The fourth-order valence-electron chi connectivity index (χ4n) is 2.53. The first kappa shape index (κ1) is 15.0. The van der Waals surface area contributed by atoms with E-state index < -0.39 is 16.1 Å². The molecule has 1 saturated heterocycles. The van der Waals surface area contributed by atoms with Crippen LogP contribution in [0.1, 0.15) is 31.4 Å². The Morgan fingerprint density at radius 1 is 1.35 bits per heavy atom. The van der Waals surface area contributed by atoms with Crippen molar-refractivity contribution in [2.24, 2.45) is 0 Å². The average molecular weight is 296 g/mol. The topological polar surface area (TPSA) is 66.5 Å². The highest BCUT2D eigenvalue weighted by Crippen LogP contribution is 2.21. The third-order valence-electron chi connectivity index (χ3n) is 3.59. The third-order valence-corrected chi connectivity index (χ3v) is 4.88. The fourth-order valence-corrected chi connectivity index (χ4v) is 3.66. The van der Waals surface area contributed by atoms with E-state index in [-0.39, 0.29) is 11.9 Å². The molecule has 2 rings (SSSR count). The number of carbonyl (C=O) groups excluding carboxylic acids is 1. The van der Waals surface area contributed by atoms with Gasteiger partial charge < -0.3 is 5.32 Å². The Morgan fingerprint density at radius 2 is 2.00 bits per heavy atom. The van der Waals surface area contributed by atoms with Crippen LogP contribution in [0.2, 0.25) is 0 Å². The molecule has 0 spiro atoms. The van der Waals surface area contributed by atoms with E-state index in [2.05, 4.69) is 5.32 Å². The first-order valence-corrected chi connectivity index (χ1v) is 8.56. The van der Waals surface area contributed by atoms with E-state index in [0.29, 0.717) is 13.0 Å². The summed E-state index contributed by atoms with van der Waals surface area (Å²) in [4.78, 5) is 12.3. The molecule has 0 unspecified atom stereocenters. The zero-order chi connectivity index (χ0) is 14.8. The van der Waals surface area contributed by atoms with Crippen LogP contribution in [0.3, 0.4) is 0 Å². The molecule has 1 heterocycles. The molecular weight excluding hydrogens is 276 g/mol. The SMILES string of the molecule is C[C@@H](NC(=O)[C@@H]1CCCN1S(C)(=O)=O)c1ccccc1. The first-order valence-electron chi connectivity index (χ1n) is 6.72. The van der Waals surface area contributed by atoms with Crippen LogP contribution < -0.4 is 5.32 Å². The molecule has 2 atom stereocenters. The van der Waals surface area contributed by atoms with Gasteiger partial charge in [0.2, 0.25) is 15.9 Å². The summed E-state index contributed by atoms with van der Waals surface area (Å²) in [7, 11) is -3.32. The summed E-state index contributed by atoms with van der Waals surface area (Å²) in [6.07, 6.45) is 2.46. The Labute approximate surface area is 120 Å². The molecule has 20 heavy (non-hydrogen) atoms. The molecule has 110 valence electrons. The van der Waals surface area contributed by atoms with Gasteiger partial charge in [0.1, 0.15) is 6.04 Å². The summed E-state index contributed by atoms with van der Waals surface area (Å²) in [5, 5.41) is 2.90. The molecule has 1 aromatic rings. The van der Waals surface area contributed by atoms with Gasteiger partial charge in [0.05, 0.1) is 12.3 Å². The van der Waals surface area contributed by atoms with Crippen molar-refractivity contribution in [3.63, 3.8) is 0 Å². The summed E-state index contributed by atoms with van der Waals surface area (Å²) in [5.41, 5.74) is 1.00. The monoisotopic (exact) mass is 296 g/mol. The van der Waals surface area contributed by atoms with Crippen molar-refractivity contribution in [2.45, 2.75) is 31.8 Å². The first-order chi connectivity index (χ1) is 9.39. The molecule has 1 aliphatic heterocycles. The molecule has 1 aromatic carbocycles. The van der Waals surface area contributed by atoms with Crippen molar-refractivity contribution in [1.82, 2.24) is 9.62 Å². The number of rotatable bonds is 4. The van der Waals surface area contributed by atoms with E-state index in [0.717, 1.165) is 18.2 Å². The second-order valence-electron chi connectivity index (χ2n) is 5.17. The Balaban J connectivity index is 2.05. The number of carbonyl (C=O) groups is 1. The van der Waals surface area contributed by atoms with Crippen LogP contribution >= 0.6 is 0 Å². The minimum atomic E-state index is -3.32. The highest BCUT2D eigenvalue weighted by atomic mass is 32.2. The van der Waals surface area contributed by atoms with Crippen LogP contribution in [0.5, 0.6) is 0 Å². The summed E-state index contributed by atoms with van der Waals surface area (Å²) >= 11 is 0. The quantitative estimate of drug-likeness (QED) is 0.910. The lowest BCUT2D eigenvalue weighted by atomic mass is 10.1. The molecule has 0 aliphatic carbocycles. The number of nitrogens with one attached hydrogen (secondary N) is 1. The number of nitrogens with zero attached hydrogens (tertiary/aromatic N) is 1. The van der Waals surface area contributed by atoms with E-state index in [1.54, 1.807) is 0 Å². The molecular formula is C14H20N2O3S. The fraction of sp³-hybridized carbons (Fsp3) is 0.500. The largest absolute Gasteiger partial charge is 0.348 e. The molecule has 6 heteroatoms. The van der Waals surface area contributed by atoms with Crippen molar-refractivity contribution < 1.29 is 13.2 Å². The van der Waals surface area contributed by atoms with Gasteiger partial charge in [-0.15, -0.1) is 0 Å². The van der Waals surface area contributed by atoms with Crippen molar-refractivity contribution >= 4 is 15.9 Å². The van der Waals surface area contributed by atoms with Gasteiger partial charge in [0, 0.05) is 6.54 Å². The molecule has 0 bridgehead atoms. The third kappa shape index (κ3) is 3.37. The molecule has 1 amide bonds. The lowest BCUT2D eigenvalue weighted by Crippen LogP contribution is -2.46. The van der Waals surface area contributed by atoms with Crippen molar-refractivity contribution in [3.05, 3.63) is 35.9 Å². The smallest absolute Gasteiger partial charge is 0.238 e. The van der Waals surface area contributed by atoms with E-state index in [1.165, 1.54) is 4.31 Å². The highest BCUT2D eigenvalue weighted by Gasteiger charge is 2.36. The lowest BCUT2D eigenvalue weighted by Gasteiger charge is -2.23. The van der Waals surface area contributed by atoms with Gasteiger partial charge in [-0.25, -0.2) is 8.42 Å². The second-order valence-corrected chi connectivity index (χ2v) is 7.11. The van der Waals surface area contributed by atoms with Crippen LogP contribution in [-0.4, -0.2) is 37.5 Å². The Bertz CT molecular complexity index is 571. The van der Waals surface area contributed by atoms with Gasteiger partial charge in [-0.2, -0.15) is 4.31 Å². The Kier molecular flexibility index (Phi) is 4.45. The minimum Gasteiger partial charge on any atom is -0.348 e.